The average molecular weight is 301 g/mol. The molecule has 0 fully saturated rings. The summed E-state index contributed by atoms with van der Waals surface area (Å²) in [5.41, 5.74) is 2.93. The molecule has 0 bridgehead atoms. The Bertz CT molecular complexity index is 759. The van der Waals surface area contributed by atoms with Gasteiger partial charge in [-0.2, -0.15) is 0 Å². The summed E-state index contributed by atoms with van der Waals surface area (Å²) in [4.78, 5) is 24.5. The van der Waals surface area contributed by atoms with E-state index >= 15 is 0 Å². The molecule has 0 aromatic carbocycles. The van der Waals surface area contributed by atoms with Crippen molar-refractivity contribution < 1.29 is 14.6 Å². The van der Waals surface area contributed by atoms with Crippen LogP contribution in [0.1, 0.15) is 37.0 Å². The third-order valence-electron chi connectivity index (χ3n) is 3.53. The number of nitrogens with zero attached hydrogens (tertiary/aromatic N) is 1. The van der Waals surface area contributed by atoms with Gasteiger partial charge in [-0.1, -0.05) is 17.4 Å². The third-order valence-corrected chi connectivity index (χ3v) is 3.53. The van der Waals surface area contributed by atoms with Crippen molar-refractivity contribution in [1.82, 2.24) is 4.57 Å². The standard InChI is InChI=1S/C17H19NO4/c1-4-22-17(21)14-11(2)9-13-15(14)12(7-5-6-8-19)10-18(3)16(13)20/h10,19H,4,6,8-9H2,1-3H3. The summed E-state index contributed by atoms with van der Waals surface area (Å²) in [7, 11) is 1.66. The lowest BCUT2D eigenvalue weighted by Crippen LogP contribution is -2.22. The maximum Gasteiger partial charge on any atom is 0.338 e. The van der Waals surface area contributed by atoms with E-state index in [-0.39, 0.29) is 18.8 Å². The second-order valence-corrected chi connectivity index (χ2v) is 5.14. The van der Waals surface area contributed by atoms with Crippen molar-refractivity contribution in [3.63, 3.8) is 0 Å². The van der Waals surface area contributed by atoms with Crippen LogP contribution in [0.15, 0.2) is 16.6 Å². The van der Waals surface area contributed by atoms with Crippen LogP contribution < -0.4 is 5.56 Å². The predicted molar refractivity (Wildman–Crippen MR) is 83.2 cm³/mol. The van der Waals surface area contributed by atoms with E-state index in [2.05, 4.69) is 11.8 Å². The van der Waals surface area contributed by atoms with Crippen LogP contribution in [0.2, 0.25) is 0 Å². The molecule has 5 nitrogen and oxygen atoms in total. The Morgan fingerprint density at radius 3 is 2.86 bits per heavy atom. The fourth-order valence-electron chi connectivity index (χ4n) is 2.60. The quantitative estimate of drug-likeness (QED) is 0.668. The molecular weight excluding hydrogens is 282 g/mol. The molecule has 1 heterocycles. The number of rotatable bonds is 3. The van der Waals surface area contributed by atoms with Gasteiger partial charge in [0.05, 0.1) is 18.8 Å². The Labute approximate surface area is 129 Å². The van der Waals surface area contributed by atoms with E-state index in [1.807, 2.05) is 6.92 Å². The number of aromatic nitrogens is 1. The van der Waals surface area contributed by atoms with E-state index in [9.17, 15) is 9.59 Å². The molecule has 1 aromatic heterocycles. The summed E-state index contributed by atoms with van der Waals surface area (Å²) in [6.45, 7) is 3.83. The van der Waals surface area contributed by atoms with Gasteiger partial charge in [0.25, 0.3) is 5.56 Å². The third kappa shape index (κ3) is 2.83. The van der Waals surface area contributed by atoms with Gasteiger partial charge in [-0.15, -0.1) is 0 Å². The Morgan fingerprint density at radius 1 is 1.50 bits per heavy atom. The van der Waals surface area contributed by atoms with Gasteiger partial charge >= 0.3 is 5.97 Å². The zero-order chi connectivity index (χ0) is 16.3. The number of fused-ring (bicyclic) bond motifs is 1. The molecule has 0 saturated heterocycles. The van der Waals surface area contributed by atoms with Gasteiger partial charge in [-0.05, 0) is 13.8 Å². The van der Waals surface area contributed by atoms with Crippen LogP contribution in [-0.2, 0) is 23.0 Å². The molecule has 0 amide bonds. The Kier molecular flexibility index (Phi) is 4.84. The number of carbonyl (C=O) groups is 1. The number of pyridine rings is 1. The first-order valence-corrected chi connectivity index (χ1v) is 7.20. The average Bonchev–Trinajstić information content (AvgIpc) is 2.82. The molecular formula is C17H19NO4. The zero-order valence-electron chi connectivity index (χ0n) is 13.0. The maximum atomic E-state index is 12.3. The van der Waals surface area contributed by atoms with Crippen molar-refractivity contribution >= 4 is 11.5 Å². The van der Waals surface area contributed by atoms with Crippen molar-refractivity contribution in [1.29, 1.82) is 0 Å². The normalized spacial score (nSPS) is 12.7. The summed E-state index contributed by atoms with van der Waals surface area (Å²) < 4.78 is 6.59. The Morgan fingerprint density at radius 2 is 2.23 bits per heavy atom. The summed E-state index contributed by atoms with van der Waals surface area (Å²) in [6.07, 6.45) is 2.41. The number of carbonyl (C=O) groups excluding carboxylic acids is 1. The number of ether oxygens (including phenoxy) is 1. The van der Waals surface area contributed by atoms with Crippen molar-refractivity contribution in [2.45, 2.75) is 26.7 Å². The molecule has 0 radical (unpaired) electrons. The number of hydrogen-bond donors (Lipinski definition) is 1. The number of hydrogen-bond acceptors (Lipinski definition) is 4. The number of aliphatic hydroxyl groups is 1. The van der Waals surface area contributed by atoms with E-state index in [1.165, 1.54) is 4.57 Å². The number of esters is 1. The minimum atomic E-state index is -0.419. The minimum Gasteiger partial charge on any atom is -0.462 e. The van der Waals surface area contributed by atoms with Crippen LogP contribution >= 0.6 is 0 Å². The van der Waals surface area contributed by atoms with Crippen molar-refractivity contribution in [2.75, 3.05) is 13.2 Å². The van der Waals surface area contributed by atoms with Crippen LogP contribution in [0.4, 0.5) is 0 Å². The topological polar surface area (TPSA) is 68.5 Å². The van der Waals surface area contributed by atoms with Crippen LogP contribution in [0.5, 0.6) is 0 Å². The Balaban J connectivity index is 2.64. The van der Waals surface area contributed by atoms with E-state index in [4.69, 9.17) is 9.84 Å². The molecule has 2 rings (SSSR count). The highest BCUT2D eigenvalue weighted by atomic mass is 16.5. The van der Waals surface area contributed by atoms with Crippen LogP contribution in [-0.4, -0.2) is 28.9 Å². The molecule has 22 heavy (non-hydrogen) atoms. The first-order valence-electron chi connectivity index (χ1n) is 7.20. The highest BCUT2D eigenvalue weighted by Gasteiger charge is 2.30. The molecule has 1 aliphatic carbocycles. The fraction of sp³-hybridized carbons (Fsp3) is 0.412. The Hall–Kier alpha value is -2.32. The van der Waals surface area contributed by atoms with Crippen LogP contribution in [0.3, 0.4) is 0 Å². The second-order valence-electron chi connectivity index (χ2n) is 5.14. The first-order chi connectivity index (χ1) is 10.5. The van der Waals surface area contributed by atoms with Gasteiger partial charge in [0, 0.05) is 42.8 Å². The molecule has 0 spiro atoms. The van der Waals surface area contributed by atoms with Crippen LogP contribution in [0, 0.1) is 11.8 Å². The van der Waals surface area contributed by atoms with E-state index < -0.39 is 5.97 Å². The first kappa shape index (κ1) is 16.1. The fourth-order valence-corrected chi connectivity index (χ4v) is 2.60. The van der Waals surface area contributed by atoms with Gasteiger partial charge < -0.3 is 14.4 Å². The van der Waals surface area contributed by atoms with Crippen molar-refractivity contribution in [3.05, 3.63) is 38.8 Å². The van der Waals surface area contributed by atoms with Crippen molar-refractivity contribution in [2.24, 2.45) is 7.05 Å². The number of allylic oxidation sites excluding steroid dienone is 1. The van der Waals surface area contributed by atoms with Crippen molar-refractivity contribution in [3.8, 4) is 11.8 Å². The zero-order valence-corrected chi connectivity index (χ0v) is 13.0. The molecule has 1 aromatic rings. The van der Waals surface area contributed by atoms with Gasteiger partial charge in [0.1, 0.15) is 0 Å². The number of aliphatic hydroxyl groups excluding tert-OH is 1. The van der Waals surface area contributed by atoms with Gasteiger partial charge in [0.15, 0.2) is 0 Å². The summed E-state index contributed by atoms with van der Waals surface area (Å²) in [5.74, 6) is 5.37. The molecule has 0 atom stereocenters. The number of aryl methyl sites for hydroxylation is 1. The van der Waals surface area contributed by atoms with E-state index in [1.54, 1.807) is 20.2 Å². The molecule has 1 N–H and O–H groups in total. The lowest BCUT2D eigenvalue weighted by Gasteiger charge is -2.10. The minimum absolute atomic E-state index is 0.0272. The molecule has 0 unspecified atom stereocenters. The van der Waals surface area contributed by atoms with E-state index in [0.29, 0.717) is 35.1 Å². The molecule has 1 aliphatic rings. The van der Waals surface area contributed by atoms with E-state index in [0.717, 1.165) is 5.57 Å². The van der Waals surface area contributed by atoms with Gasteiger partial charge in [0.2, 0.25) is 0 Å². The predicted octanol–water partition coefficient (Wildman–Crippen LogP) is 1.01. The highest BCUT2D eigenvalue weighted by molar-refractivity contribution is 6.19. The summed E-state index contributed by atoms with van der Waals surface area (Å²) in [5, 5.41) is 8.85. The molecule has 5 heteroatoms. The lowest BCUT2D eigenvalue weighted by molar-refractivity contribution is -0.136. The molecule has 116 valence electrons. The second kappa shape index (κ2) is 6.63. The van der Waals surface area contributed by atoms with Crippen LogP contribution in [0.25, 0.3) is 5.57 Å². The highest BCUT2D eigenvalue weighted by Crippen LogP contribution is 2.33. The SMILES string of the molecule is CCOC(=O)C1=C(C)Cc2c1c(C#CCCO)cn(C)c2=O. The maximum absolute atomic E-state index is 12.3. The largest absolute Gasteiger partial charge is 0.462 e. The molecule has 0 aliphatic heterocycles. The lowest BCUT2D eigenvalue weighted by atomic mass is 10.0. The monoisotopic (exact) mass is 301 g/mol. The smallest absolute Gasteiger partial charge is 0.338 e. The summed E-state index contributed by atoms with van der Waals surface area (Å²) in [6, 6.07) is 0. The molecule has 0 saturated carbocycles. The van der Waals surface area contributed by atoms with Gasteiger partial charge in [-0.25, -0.2) is 4.79 Å². The summed E-state index contributed by atoms with van der Waals surface area (Å²) >= 11 is 0. The van der Waals surface area contributed by atoms with Gasteiger partial charge in [-0.3, -0.25) is 4.79 Å².